The van der Waals surface area contributed by atoms with Gasteiger partial charge in [-0.3, -0.25) is 4.79 Å². The average molecular weight is 233 g/mol. The lowest BCUT2D eigenvalue weighted by Crippen LogP contribution is -2.31. The van der Waals surface area contributed by atoms with E-state index in [4.69, 9.17) is 5.26 Å². The van der Waals surface area contributed by atoms with E-state index in [1.165, 1.54) is 13.3 Å². The van der Waals surface area contributed by atoms with E-state index in [-0.39, 0.29) is 12.5 Å². The number of nitriles is 1. The molecule has 0 saturated heterocycles. The molecule has 0 bridgehead atoms. The molecule has 5 nitrogen and oxygen atoms in total. The highest BCUT2D eigenvalue weighted by atomic mass is 16.5. The van der Waals surface area contributed by atoms with E-state index in [1.807, 2.05) is 17.9 Å². The maximum absolute atomic E-state index is 11.2. The maximum Gasteiger partial charge on any atom is 0.325 e. The Balaban J connectivity index is 2.81. The van der Waals surface area contributed by atoms with Crippen LogP contribution in [0, 0.1) is 11.3 Å². The lowest BCUT2D eigenvalue weighted by molar-refractivity contribution is -0.138. The summed E-state index contributed by atoms with van der Waals surface area (Å²) in [5.74, 6) is 0.376. The molecule has 0 unspecified atom stereocenters. The van der Waals surface area contributed by atoms with Crippen LogP contribution in [0.5, 0.6) is 0 Å². The Hall–Kier alpha value is -2.09. The molecule has 0 radical (unpaired) electrons. The fraction of sp³-hybridized carbons (Fsp3) is 0.417. The molecule has 0 amide bonds. The molecule has 90 valence electrons. The Morgan fingerprint density at radius 3 is 2.82 bits per heavy atom. The predicted octanol–water partition coefficient (Wildman–Crippen LogP) is 1.34. The third-order valence-corrected chi connectivity index (χ3v) is 2.24. The van der Waals surface area contributed by atoms with Gasteiger partial charge in [-0.25, -0.2) is 4.98 Å². The van der Waals surface area contributed by atoms with E-state index < -0.39 is 0 Å². The number of methoxy groups -OCH3 is 1. The van der Waals surface area contributed by atoms with Crippen LogP contribution < -0.4 is 4.90 Å². The number of esters is 1. The molecule has 0 N–H and O–H groups in total. The molecule has 0 spiro atoms. The van der Waals surface area contributed by atoms with Crippen molar-refractivity contribution in [2.75, 3.05) is 25.1 Å². The first-order valence-electron chi connectivity index (χ1n) is 5.39. The van der Waals surface area contributed by atoms with E-state index in [2.05, 4.69) is 9.72 Å². The van der Waals surface area contributed by atoms with Gasteiger partial charge in [-0.1, -0.05) is 6.92 Å². The van der Waals surface area contributed by atoms with Gasteiger partial charge in [0.15, 0.2) is 0 Å². The van der Waals surface area contributed by atoms with E-state index >= 15 is 0 Å². The van der Waals surface area contributed by atoms with Crippen LogP contribution in [0.4, 0.5) is 5.82 Å². The van der Waals surface area contributed by atoms with Crippen LogP contribution in [0.2, 0.25) is 0 Å². The van der Waals surface area contributed by atoms with Crippen molar-refractivity contribution in [1.82, 2.24) is 4.98 Å². The highest BCUT2D eigenvalue weighted by Gasteiger charge is 2.11. The summed E-state index contributed by atoms with van der Waals surface area (Å²) < 4.78 is 4.63. The molecule has 5 heteroatoms. The minimum Gasteiger partial charge on any atom is -0.468 e. The maximum atomic E-state index is 11.2. The molecule has 1 heterocycles. The van der Waals surface area contributed by atoms with Crippen LogP contribution in [0.1, 0.15) is 18.9 Å². The number of anilines is 1. The summed E-state index contributed by atoms with van der Waals surface area (Å²) in [6, 6.07) is 5.42. The van der Waals surface area contributed by atoms with Crippen molar-refractivity contribution < 1.29 is 9.53 Å². The van der Waals surface area contributed by atoms with Crippen molar-refractivity contribution in [2.24, 2.45) is 0 Å². The standard InChI is InChI=1S/C12H15N3O2/c1-3-6-15(9-12(16)17-2)11-5-4-10(7-13)8-14-11/h4-5,8H,3,6,9H2,1-2H3. The highest BCUT2D eigenvalue weighted by molar-refractivity contribution is 5.75. The summed E-state index contributed by atoms with van der Waals surface area (Å²) in [5.41, 5.74) is 0.503. The first-order valence-corrected chi connectivity index (χ1v) is 5.39. The number of pyridine rings is 1. The largest absolute Gasteiger partial charge is 0.468 e. The summed E-state index contributed by atoms with van der Waals surface area (Å²) >= 11 is 0. The predicted molar refractivity (Wildman–Crippen MR) is 63.5 cm³/mol. The van der Waals surface area contributed by atoms with Gasteiger partial charge in [0, 0.05) is 12.7 Å². The normalized spacial score (nSPS) is 9.47. The van der Waals surface area contributed by atoms with E-state index in [9.17, 15) is 4.79 Å². The first kappa shape index (κ1) is 13.0. The molecule has 0 fully saturated rings. The van der Waals surface area contributed by atoms with Crippen LogP contribution in [-0.4, -0.2) is 31.2 Å². The molecule has 17 heavy (non-hydrogen) atoms. The zero-order valence-corrected chi connectivity index (χ0v) is 10.0. The second-order valence-corrected chi connectivity index (χ2v) is 3.51. The molecular weight excluding hydrogens is 218 g/mol. The van der Waals surface area contributed by atoms with E-state index in [0.717, 1.165) is 6.42 Å². The van der Waals surface area contributed by atoms with Crippen molar-refractivity contribution in [3.8, 4) is 6.07 Å². The number of nitrogens with zero attached hydrogens (tertiary/aromatic N) is 3. The zero-order chi connectivity index (χ0) is 12.7. The Bertz CT molecular complexity index is 409. The summed E-state index contributed by atoms with van der Waals surface area (Å²) in [5, 5.41) is 8.68. The fourth-order valence-corrected chi connectivity index (χ4v) is 1.40. The second-order valence-electron chi connectivity index (χ2n) is 3.51. The summed E-state index contributed by atoms with van der Waals surface area (Å²) in [6.07, 6.45) is 2.40. The molecule has 1 aromatic heterocycles. The lowest BCUT2D eigenvalue weighted by atomic mass is 10.3. The van der Waals surface area contributed by atoms with Gasteiger partial charge in [0.2, 0.25) is 0 Å². The van der Waals surface area contributed by atoms with Gasteiger partial charge in [0.1, 0.15) is 18.4 Å². The van der Waals surface area contributed by atoms with E-state index in [1.54, 1.807) is 12.1 Å². The summed E-state index contributed by atoms with van der Waals surface area (Å²) in [6.45, 7) is 2.91. The third kappa shape index (κ3) is 3.76. The molecule has 1 rings (SSSR count). The summed E-state index contributed by atoms with van der Waals surface area (Å²) in [7, 11) is 1.36. The Morgan fingerprint density at radius 1 is 1.59 bits per heavy atom. The van der Waals surface area contributed by atoms with Crippen LogP contribution in [-0.2, 0) is 9.53 Å². The minimum atomic E-state index is -0.301. The lowest BCUT2D eigenvalue weighted by Gasteiger charge is -2.21. The van der Waals surface area contributed by atoms with Crippen molar-refractivity contribution in [3.05, 3.63) is 23.9 Å². The molecule has 0 aliphatic heterocycles. The highest BCUT2D eigenvalue weighted by Crippen LogP contribution is 2.11. The van der Waals surface area contributed by atoms with Crippen LogP contribution >= 0.6 is 0 Å². The van der Waals surface area contributed by atoms with Gasteiger partial charge >= 0.3 is 5.97 Å². The number of hydrogen-bond acceptors (Lipinski definition) is 5. The van der Waals surface area contributed by atoms with E-state index in [0.29, 0.717) is 17.9 Å². The monoisotopic (exact) mass is 233 g/mol. The molecule has 0 atom stereocenters. The number of aromatic nitrogens is 1. The van der Waals surface area contributed by atoms with Crippen molar-refractivity contribution >= 4 is 11.8 Å². The average Bonchev–Trinajstić information content (AvgIpc) is 2.38. The number of hydrogen-bond donors (Lipinski definition) is 0. The fourth-order valence-electron chi connectivity index (χ4n) is 1.40. The summed E-state index contributed by atoms with van der Waals surface area (Å²) in [4.78, 5) is 17.2. The van der Waals surface area contributed by atoms with Crippen molar-refractivity contribution in [1.29, 1.82) is 5.26 Å². The van der Waals surface area contributed by atoms with Gasteiger partial charge in [0.25, 0.3) is 0 Å². The van der Waals surface area contributed by atoms with Crippen molar-refractivity contribution in [3.63, 3.8) is 0 Å². The SMILES string of the molecule is CCCN(CC(=O)OC)c1ccc(C#N)cn1. The molecule has 0 aliphatic carbocycles. The quantitative estimate of drug-likeness (QED) is 0.718. The Morgan fingerprint density at radius 2 is 2.35 bits per heavy atom. The molecular formula is C12H15N3O2. The van der Waals surface area contributed by atoms with Gasteiger partial charge in [-0.15, -0.1) is 0 Å². The Kier molecular flexibility index (Phi) is 4.95. The van der Waals surface area contributed by atoms with Gasteiger partial charge in [-0.2, -0.15) is 5.26 Å². The van der Waals surface area contributed by atoms with Crippen LogP contribution in [0.3, 0.4) is 0 Å². The topological polar surface area (TPSA) is 66.2 Å². The first-order chi connectivity index (χ1) is 8.21. The minimum absolute atomic E-state index is 0.170. The molecule has 0 aromatic carbocycles. The van der Waals surface area contributed by atoms with Gasteiger partial charge < -0.3 is 9.64 Å². The van der Waals surface area contributed by atoms with Crippen LogP contribution in [0.25, 0.3) is 0 Å². The Labute approximate surface area is 101 Å². The number of carbonyl (C=O) groups excluding carboxylic acids is 1. The second kappa shape index (κ2) is 6.48. The van der Waals surface area contributed by atoms with Crippen molar-refractivity contribution in [2.45, 2.75) is 13.3 Å². The zero-order valence-electron chi connectivity index (χ0n) is 10.0. The number of ether oxygens (including phenoxy) is 1. The smallest absolute Gasteiger partial charge is 0.325 e. The van der Waals surface area contributed by atoms with Gasteiger partial charge in [-0.05, 0) is 18.6 Å². The molecule has 0 aliphatic rings. The third-order valence-electron chi connectivity index (χ3n) is 2.24. The number of carbonyl (C=O) groups is 1. The van der Waals surface area contributed by atoms with Gasteiger partial charge in [0.05, 0.1) is 12.7 Å². The van der Waals surface area contributed by atoms with Crippen LogP contribution in [0.15, 0.2) is 18.3 Å². The number of rotatable bonds is 5. The molecule has 1 aromatic rings. The molecule has 0 saturated carbocycles.